The summed E-state index contributed by atoms with van der Waals surface area (Å²) >= 11 is 6.16. The van der Waals surface area contributed by atoms with Crippen molar-refractivity contribution >= 4 is 28.5 Å². The zero-order valence-electron chi connectivity index (χ0n) is 19.1. The molecule has 7 nitrogen and oxygen atoms in total. The van der Waals surface area contributed by atoms with Crippen LogP contribution in [0.2, 0.25) is 5.02 Å². The Morgan fingerprint density at radius 3 is 2.56 bits per heavy atom. The number of rotatable bonds is 7. The van der Waals surface area contributed by atoms with E-state index in [2.05, 4.69) is 4.90 Å². The van der Waals surface area contributed by atoms with Gasteiger partial charge in [-0.25, -0.2) is 0 Å². The molecule has 0 aliphatic carbocycles. The topological polar surface area (TPSA) is 72.2 Å². The van der Waals surface area contributed by atoms with E-state index in [0.29, 0.717) is 34.7 Å². The molecule has 1 amide bonds. The van der Waals surface area contributed by atoms with Crippen LogP contribution in [0.3, 0.4) is 0 Å². The van der Waals surface area contributed by atoms with E-state index in [1.54, 1.807) is 23.1 Å². The van der Waals surface area contributed by atoms with E-state index in [-0.39, 0.29) is 17.1 Å². The van der Waals surface area contributed by atoms with E-state index >= 15 is 0 Å². The van der Waals surface area contributed by atoms with Crippen molar-refractivity contribution < 1.29 is 18.7 Å². The SMILES string of the molecule is CCOc1ccc([C@H]2c3c(oc4ccc(Cl)cc4c3=O)C(=O)N2CCCN2CCOCC2)cc1. The maximum absolute atomic E-state index is 13.6. The number of fused-ring (bicyclic) bond motifs is 2. The van der Waals surface area contributed by atoms with Gasteiger partial charge < -0.3 is 18.8 Å². The molecule has 0 saturated carbocycles. The Labute approximate surface area is 202 Å². The Hall–Kier alpha value is -2.87. The molecule has 2 aliphatic heterocycles. The Morgan fingerprint density at radius 2 is 1.82 bits per heavy atom. The fourth-order valence-electron chi connectivity index (χ4n) is 4.77. The molecule has 1 saturated heterocycles. The molecular weight excluding hydrogens is 456 g/mol. The predicted octanol–water partition coefficient (Wildman–Crippen LogP) is 4.11. The van der Waals surface area contributed by atoms with E-state index in [1.165, 1.54) is 0 Å². The summed E-state index contributed by atoms with van der Waals surface area (Å²) in [5, 5.41) is 0.828. The number of hydrogen-bond donors (Lipinski definition) is 0. The predicted molar refractivity (Wildman–Crippen MR) is 130 cm³/mol. The minimum Gasteiger partial charge on any atom is -0.494 e. The van der Waals surface area contributed by atoms with Crippen molar-refractivity contribution in [2.75, 3.05) is 46.0 Å². The van der Waals surface area contributed by atoms with Gasteiger partial charge in [0.05, 0.1) is 36.8 Å². The first kappa shape index (κ1) is 22.9. The molecule has 8 heteroatoms. The summed E-state index contributed by atoms with van der Waals surface area (Å²) in [5.74, 6) is 0.599. The lowest BCUT2D eigenvalue weighted by atomic mass is 9.98. The van der Waals surface area contributed by atoms with Gasteiger partial charge >= 0.3 is 0 Å². The summed E-state index contributed by atoms with van der Waals surface area (Å²) in [5.41, 5.74) is 1.36. The molecular formula is C26H27ClN2O5. The molecule has 2 aromatic carbocycles. The monoisotopic (exact) mass is 482 g/mol. The molecule has 5 rings (SSSR count). The number of ether oxygens (including phenoxy) is 2. The van der Waals surface area contributed by atoms with Crippen LogP contribution in [0.4, 0.5) is 0 Å². The first-order valence-electron chi connectivity index (χ1n) is 11.7. The largest absolute Gasteiger partial charge is 0.494 e. The lowest BCUT2D eigenvalue weighted by Gasteiger charge is -2.29. The minimum absolute atomic E-state index is 0.116. The zero-order chi connectivity index (χ0) is 23.7. The molecule has 1 aromatic heterocycles. The standard InChI is InChI=1S/C26H27ClN2O5/c1-2-33-19-7-4-17(5-8-19)23-22-24(30)20-16-18(27)6-9-21(20)34-25(22)26(31)29(23)11-3-10-28-12-14-32-15-13-28/h4-9,16,23H,2-3,10-15H2,1H3/t23-/m0/s1. The number of carbonyl (C=O) groups is 1. The van der Waals surface area contributed by atoms with Crippen LogP contribution in [0.15, 0.2) is 51.7 Å². The molecule has 0 unspecified atom stereocenters. The third-order valence-corrected chi connectivity index (χ3v) is 6.65. The van der Waals surface area contributed by atoms with Gasteiger partial charge in [-0.05, 0) is 49.2 Å². The zero-order valence-corrected chi connectivity index (χ0v) is 19.8. The van der Waals surface area contributed by atoms with Crippen LogP contribution in [-0.2, 0) is 4.74 Å². The van der Waals surface area contributed by atoms with Crippen molar-refractivity contribution in [2.24, 2.45) is 0 Å². The molecule has 2 aliphatic rings. The van der Waals surface area contributed by atoms with Crippen molar-refractivity contribution in [3.63, 3.8) is 0 Å². The third-order valence-electron chi connectivity index (χ3n) is 6.41. The molecule has 34 heavy (non-hydrogen) atoms. The van der Waals surface area contributed by atoms with Crippen molar-refractivity contribution in [3.8, 4) is 5.75 Å². The van der Waals surface area contributed by atoms with Crippen LogP contribution < -0.4 is 10.2 Å². The van der Waals surface area contributed by atoms with Gasteiger partial charge in [-0.2, -0.15) is 0 Å². The summed E-state index contributed by atoms with van der Waals surface area (Å²) < 4.78 is 17.0. The highest BCUT2D eigenvalue weighted by Crippen LogP contribution is 2.39. The summed E-state index contributed by atoms with van der Waals surface area (Å²) in [6, 6.07) is 11.9. The Bertz CT molecular complexity index is 1250. The van der Waals surface area contributed by atoms with Crippen LogP contribution >= 0.6 is 11.6 Å². The quantitative estimate of drug-likeness (QED) is 0.504. The maximum Gasteiger partial charge on any atom is 0.290 e. The van der Waals surface area contributed by atoms with Crippen LogP contribution in [0.25, 0.3) is 11.0 Å². The van der Waals surface area contributed by atoms with Gasteiger partial charge in [0.2, 0.25) is 5.76 Å². The fraction of sp³-hybridized carbons (Fsp3) is 0.385. The van der Waals surface area contributed by atoms with E-state index < -0.39 is 6.04 Å². The number of benzene rings is 2. The average molecular weight is 483 g/mol. The van der Waals surface area contributed by atoms with Crippen molar-refractivity contribution in [3.05, 3.63) is 74.6 Å². The van der Waals surface area contributed by atoms with Gasteiger partial charge in [-0.1, -0.05) is 23.7 Å². The highest BCUT2D eigenvalue weighted by Gasteiger charge is 2.42. The van der Waals surface area contributed by atoms with Crippen LogP contribution in [0.5, 0.6) is 5.75 Å². The van der Waals surface area contributed by atoms with Crippen molar-refractivity contribution in [1.29, 1.82) is 0 Å². The number of hydrogen-bond acceptors (Lipinski definition) is 6. The first-order valence-corrected chi connectivity index (χ1v) is 12.0. The van der Waals surface area contributed by atoms with E-state index in [0.717, 1.165) is 50.6 Å². The molecule has 0 radical (unpaired) electrons. The van der Waals surface area contributed by atoms with Gasteiger partial charge in [0, 0.05) is 31.2 Å². The first-order chi connectivity index (χ1) is 16.6. The summed E-state index contributed by atoms with van der Waals surface area (Å²) in [6.45, 7) is 7.11. The number of nitrogens with zero attached hydrogens (tertiary/aromatic N) is 2. The Kier molecular flexibility index (Phi) is 6.59. The van der Waals surface area contributed by atoms with Crippen LogP contribution in [0.1, 0.15) is 41.1 Å². The van der Waals surface area contributed by atoms with Gasteiger partial charge in [0.15, 0.2) is 5.43 Å². The molecule has 178 valence electrons. The molecule has 3 aromatic rings. The Balaban J connectivity index is 1.52. The molecule has 1 fully saturated rings. The van der Waals surface area contributed by atoms with Crippen molar-refractivity contribution in [1.82, 2.24) is 9.80 Å². The number of amides is 1. The van der Waals surface area contributed by atoms with Gasteiger partial charge in [0.1, 0.15) is 11.3 Å². The molecule has 0 spiro atoms. The number of carbonyl (C=O) groups excluding carboxylic acids is 1. The van der Waals surface area contributed by atoms with Crippen LogP contribution in [0, 0.1) is 0 Å². The van der Waals surface area contributed by atoms with Gasteiger partial charge in [0.25, 0.3) is 5.91 Å². The fourth-order valence-corrected chi connectivity index (χ4v) is 4.94. The van der Waals surface area contributed by atoms with Gasteiger partial charge in [-0.15, -0.1) is 0 Å². The second kappa shape index (κ2) is 9.78. The number of halogens is 1. The second-order valence-corrected chi connectivity index (χ2v) is 8.96. The van der Waals surface area contributed by atoms with Crippen LogP contribution in [-0.4, -0.2) is 61.7 Å². The molecule has 3 heterocycles. The van der Waals surface area contributed by atoms with Crippen molar-refractivity contribution in [2.45, 2.75) is 19.4 Å². The number of morpholine rings is 1. The summed E-state index contributed by atoms with van der Waals surface area (Å²) in [7, 11) is 0. The highest BCUT2D eigenvalue weighted by atomic mass is 35.5. The average Bonchev–Trinajstić information content (AvgIpc) is 3.13. The second-order valence-electron chi connectivity index (χ2n) is 8.53. The molecule has 0 bridgehead atoms. The minimum atomic E-state index is -0.525. The van der Waals surface area contributed by atoms with E-state index in [4.69, 9.17) is 25.5 Å². The van der Waals surface area contributed by atoms with Gasteiger partial charge in [-0.3, -0.25) is 14.5 Å². The lowest BCUT2D eigenvalue weighted by molar-refractivity contribution is 0.0353. The summed E-state index contributed by atoms with van der Waals surface area (Å²) in [4.78, 5) is 31.2. The molecule has 1 atom stereocenters. The lowest BCUT2D eigenvalue weighted by Crippen LogP contribution is -2.38. The maximum atomic E-state index is 13.6. The smallest absolute Gasteiger partial charge is 0.290 e. The van der Waals surface area contributed by atoms with E-state index in [9.17, 15) is 9.59 Å². The third kappa shape index (κ3) is 4.31. The normalized spacial score (nSPS) is 18.5. The molecule has 0 N–H and O–H groups in total. The Morgan fingerprint density at radius 1 is 1.06 bits per heavy atom. The summed E-state index contributed by atoms with van der Waals surface area (Å²) in [6.07, 6.45) is 0.785. The highest BCUT2D eigenvalue weighted by molar-refractivity contribution is 6.31. The van der Waals surface area contributed by atoms with E-state index in [1.807, 2.05) is 31.2 Å².